The second kappa shape index (κ2) is 3.22. The van der Waals surface area contributed by atoms with Crippen LogP contribution in [0, 0.1) is 5.41 Å². The van der Waals surface area contributed by atoms with E-state index in [0.29, 0.717) is 0 Å². The van der Waals surface area contributed by atoms with Crippen LogP contribution in [0.25, 0.3) is 0 Å². The van der Waals surface area contributed by atoms with Crippen molar-refractivity contribution < 1.29 is 4.79 Å². The van der Waals surface area contributed by atoms with Crippen LogP contribution in [-0.4, -0.2) is 10.8 Å². The third kappa shape index (κ3) is 1.36. The highest BCUT2D eigenvalue weighted by molar-refractivity contribution is 5.84. The summed E-state index contributed by atoms with van der Waals surface area (Å²) in [7, 11) is 0. The van der Waals surface area contributed by atoms with E-state index in [1.165, 1.54) is 11.1 Å². The molecule has 2 nitrogen and oxygen atoms in total. The lowest BCUT2D eigenvalue weighted by atomic mass is 9.94. The van der Waals surface area contributed by atoms with Crippen LogP contribution in [0.5, 0.6) is 0 Å². The van der Waals surface area contributed by atoms with Crippen molar-refractivity contribution in [1.82, 2.24) is 4.90 Å². The minimum Gasteiger partial charge on any atom is -0.321 e. The molecule has 0 aromatic heterocycles. The third-order valence-electron chi connectivity index (χ3n) is 3.58. The molecule has 2 bridgehead atoms. The molecule has 0 saturated carbocycles. The van der Waals surface area contributed by atoms with E-state index in [0.717, 1.165) is 0 Å². The number of hydrogen-bond donors (Lipinski definition) is 0. The molecule has 17 heavy (non-hydrogen) atoms. The highest BCUT2D eigenvalue weighted by Gasteiger charge is 2.45. The highest BCUT2D eigenvalue weighted by atomic mass is 16.2. The first-order valence-corrected chi connectivity index (χ1v) is 6.10. The van der Waals surface area contributed by atoms with Crippen molar-refractivity contribution in [2.45, 2.75) is 32.9 Å². The highest BCUT2D eigenvalue weighted by Crippen LogP contribution is 2.49. The minimum atomic E-state index is -0.315. The van der Waals surface area contributed by atoms with E-state index in [9.17, 15) is 4.79 Å². The maximum Gasteiger partial charge on any atom is 0.229 e. The van der Waals surface area contributed by atoms with Gasteiger partial charge in [-0.05, 0) is 11.1 Å². The second-order valence-corrected chi connectivity index (χ2v) is 5.87. The molecule has 0 radical (unpaired) electrons. The van der Waals surface area contributed by atoms with Gasteiger partial charge in [-0.2, -0.15) is 0 Å². The lowest BCUT2D eigenvalue weighted by molar-refractivity contribution is -0.141. The van der Waals surface area contributed by atoms with E-state index in [1.807, 2.05) is 37.8 Å². The molecular formula is C15H17NO. The molecule has 2 unspecified atom stereocenters. The van der Waals surface area contributed by atoms with Gasteiger partial charge in [-0.15, -0.1) is 0 Å². The number of hydrogen-bond acceptors (Lipinski definition) is 1. The molecule has 2 heterocycles. The molecule has 0 fully saturated rings. The maximum atomic E-state index is 12.5. The number of carbonyl (C=O) groups is 1. The Kier molecular flexibility index (Phi) is 2.00. The number of fused-ring (bicyclic) bond motifs is 5. The Morgan fingerprint density at radius 2 is 1.53 bits per heavy atom. The van der Waals surface area contributed by atoms with Crippen molar-refractivity contribution in [3.8, 4) is 0 Å². The normalized spacial score (nSPS) is 25.2. The fourth-order valence-corrected chi connectivity index (χ4v) is 2.77. The van der Waals surface area contributed by atoms with Crippen LogP contribution in [0.15, 0.2) is 36.4 Å². The van der Waals surface area contributed by atoms with E-state index < -0.39 is 0 Å². The lowest BCUT2D eigenvalue weighted by Crippen LogP contribution is -2.37. The van der Waals surface area contributed by atoms with E-state index in [-0.39, 0.29) is 23.4 Å². The van der Waals surface area contributed by atoms with Crippen LogP contribution in [-0.2, 0) is 4.79 Å². The van der Waals surface area contributed by atoms with Crippen LogP contribution < -0.4 is 0 Å². The summed E-state index contributed by atoms with van der Waals surface area (Å²) in [6.07, 6.45) is 4.30. The molecule has 0 aliphatic carbocycles. The monoisotopic (exact) mass is 227 g/mol. The van der Waals surface area contributed by atoms with Crippen LogP contribution in [0.4, 0.5) is 0 Å². The molecule has 0 spiro atoms. The summed E-state index contributed by atoms with van der Waals surface area (Å²) in [4.78, 5) is 14.5. The summed E-state index contributed by atoms with van der Waals surface area (Å²) in [6, 6.07) is 8.67. The first-order valence-electron chi connectivity index (χ1n) is 6.10. The molecule has 0 saturated heterocycles. The smallest absolute Gasteiger partial charge is 0.229 e. The second-order valence-electron chi connectivity index (χ2n) is 5.87. The average molecular weight is 227 g/mol. The molecule has 2 heteroatoms. The molecule has 2 atom stereocenters. The Morgan fingerprint density at radius 3 is 1.94 bits per heavy atom. The largest absolute Gasteiger partial charge is 0.321 e. The fourth-order valence-electron chi connectivity index (χ4n) is 2.77. The van der Waals surface area contributed by atoms with E-state index in [2.05, 4.69) is 24.3 Å². The quantitative estimate of drug-likeness (QED) is 0.623. The molecule has 1 aromatic carbocycles. The van der Waals surface area contributed by atoms with E-state index in [1.54, 1.807) is 0 Å². The van der Waals surface area contributed by atoms with Gasteiger partial charge in [-0.1, -0.05) is 57.2 Å². The van der Waals surface area contributed by atoms with E-state index in [4.69, 9.17) is 0 Å². The zero-order chi connectivity index (χ0) is 12.2. The Bertz CT molecular complexity index is 477. The first-order chi connectivity index (χ1) is 8.00. The van der Waals surface area contributed by atoms with Gasteiger partial charge in [0.25, 0.3) is 0 Å². The first kappa shape index (κ1) is 10.6. The fraction of sp³-hybridized carbons (Fsp3) is 0.400. The Hall–Kier alpha value is -1.57. The summed E-state index contributed by atoms with van der Waals surface area (Å²) < 4.78 is 0. The van der Waals surface area contributed by atoms with Gasteiger partial charge in [0.1, 0.15) is 0 Å². The number of rotatable bonds is 0. The summed E-state index contributed by atoms with van der Waals surface area (Å²) in [5.74, 6) is 0.230. The summed E-state index contributed by atoms with van der Waals surface area (Å²) in [6.45, 7) is 5.95. The molecular weight excluding hydrogens is 210 g/mol. The van der Waals surface area contributed by atoms with Gasteiger partial charge in [-0.25, -0.2) is 0 Å². The van der Waals surface area contributed by atoms with Crippen molar-refractivity contribution in [2.24, 2.45) is 5.41 Å². The van der Waals surface area contributed by atoms with Crippen molar-refractivity contribution in [3.63, 3.8) is 0 Å². The van der Waals surface area contributed by atoms with Gasteiger partial charge in [-0.3, -0.25) is 4.79 Å². The molecule has 2 aliphatic rings. The Balaban J connectivity index is 2.02. The van der Waals surface area contributed by atoms with Gasteiger partial charge < -0.3 is 4.90 Å². The molecule has 1 amide bonds. The summed E-state index contributed by atoms with van der Waals surface area (Å²) in [5, 5.41) is 0. The van der Waals surface area contributed by atoms with Gasteiger partial charge in [0.2, 0.25) is 5.91 Å². The van der Waals surface area contributed by atoms with Gasteiger partial charge in [0, 0.05) is 5.41 Å². The van der Waals surface area contributed by atoms with Crippen LogP contribution >= 0.6 is 0 Å². The summed E-state index contributed by atoms with van der Waals surface area (Å²) in [5.41, 5.74) is 2.26. The average Bonchev–Trinajstić information content (AvgIpc) is 2.83. The van der Waals surface area contributed by atoms with Crippen molar-refractivity contribution in [2.75, 3.05) is 0 Å². The number of carbonyl (C=O) groups excluding carboxylic acids is 1. The Labute approximate surface area is 102 Å². The number of amides is 1. The maximum absolute atomic E-state index is 12.5. The lowest BCUT2D eigenvalue weighted by Gasteiger charge is -2.30. The number of nitrogens with zero attached hydrogens (tertiary/aromatic N) is 1. The molecule has 3 rings (SSSR count). The van der Waals surface area contributed by atoms with Crippen molar-refractivity contribution in [3.05, 3.63) is 47.5 Å². The zero-order valence-corrected chi connectivity index (χ0v) is 10.5. The summed E-state index contributed by atoms with van der Waals surface area (Å²) >= 11 is 0. The standard InChI is InChI=1S/C15H17NO/c1-15(2,3)14(17)16-12-8-9-13(16)11-7-5-4-6-10(11)12/h4-9,12-13H,1-3H3. The van der Waals surface area contributed by atoms with Crippen LogP contribution in [0.1, 0.15) is 44.0 Å². The van der Waals surface area contributed by atoms with Crippen molar-refractivity contribution in [1.29, 1.82) is 0 Å². The number of benzene rings is 1. The predicted octanol–water partition coefficient (Wildman–Crippen LogP) is 3.23. The minimum absolute atomic E-state index is 0.155. The topological polar surface area (TPSA) is 20.3 Å². The van der Waals surface area contributed by atoms with Gasteiger partial charge in [0.15, 0.2) is 0 Å². The Morgan fingerprint density at radius 1 is 1.06 bits per heavy atom. The molecule has 88 valence electrons. The SMILES string of the molecule is CC(C)(C)C(=O)N1C2C=CC1c1ccccc12. The van der Waals surface area contributed by atoms with Crippen LogP contribution in [0.2, 0.25) is 0 Å². The zero-order valence-electron chi connectivity index (χ0n) is 10.5. The van der Waals surface area contributed by atoms with Gasteiger partial charge >= 0.3 is 0 Å². The molecule has 0 N–H and O–H groups in total. The van der Waals surface area contributed by atoms with Crippen LogP contribution in [0.3, 0.4) is 0 Å². The molecule has 2 aliphatic heterocycles. The third-order valence-corrected chi connectivity index (χ3v) is 3.58. The van der Waals surface area contributed by atoms with Gasteiger partial charge in [0.05, 0.1) is 12.1 Å². The molecule has 1 aromatic rings. The predicted molar refractivity (Wildman–Crippen MR) is 67.4 cm³/mol. The van der Waals surface area contributed by atoms with E-state index >= 15 is 0 Å². The van der Waals surface area contributed by atoms with Crippen molar-refractivity contribution >= 4 is 5.91 Å².